The van der Waals surface area contributed by atoms with Crippen LogP contribution in [-0.2, 0) is 4.79 Å². The molecule has 0 saturated carbocycles. The van der Waals surface area contributed by atoms with Crippen LogP contribution in [0.5, 0.6) is 0 Å². The summed E-state index contributed by atoms with van der Waals surface area (Å²) < 4.78 is 0. The highest BCUT2D eigenvalue weighted by atomic mass is 16.2. The van der Waals surface area contributed by atoms with Gasteiger partial charge in [-0.25, -0.2) is 0 Å². The van der Waals surface area contributed by atoms with E-state index in [1.807, 2.05) is 0 Å². The zero-order valence-electron chi connectivity index (χ0n) is 12.9. The Labute approximate surface area is 127 Å². The van der Waals surface area contributed by atoms with Crippen molar-refractivity contribution >= 4 is 11.8 Å². The minimum Gasteiger partial charge on any atom is -0.292 e. The Kier molecular flexibility index (Phi) is 9.09. The van der Waals surface area contributed by atoms with Gasteiger partial charge in [-0.15, -0.1) is 0 Å². The zero-order chi connectivity index (χ0) is 15.3. The smallest absolute Gasteiger partial charge is 0.257 e. The summed E-state index contributed by atoms with van der Waals surface area (Å²) in [5, 5.41) is 2.41. The van der Waals surface area contributed by atoms with Crippen LogP contribution >= 0.6 is 0 Å². The van der Waals surface area contributed by atoms with Crippen LogP contribution in [0.25, 0.3) is 0 Å². The van der Waals surface area contributed by atoms with Crippen molar-refractivity contribution in [2.45, 2.75) is 64.7 Å². The van der Waals surface area contributed by atoms with Crippen LogP contribution in [0.4, 0.5) is 0 Å². The van der Waals surface area contributed by atoms with E-state index in [-0.39, 0.29) is 11.8 Å². The third-order valence-electron chi connectivity index (χ3n) is 3.45. The number of nitrogens with zero attached hydrogens (tertiary/aromatic N) is 1. The van der Waals surface area contributed by atoms with Crippen molar-refractivity contribution in [1.29, 1.82) is 0 Å². The molecule has 4 heteroatoms. The van der Waals surface area contributed by atoms with Gasteiger partial charge in [0.05, 0.1) is 0 Å². The molecule has 0 bridgehead atoms. The molecule has 1 aromatic rings. The van der Waals surface area contributed by atoms with E-state index < -0.39 is 0 Å². The van der Waals surface area contributed by atoms with Gasteiger partial charge < -0.3 is 0 Å². The van der Waals surface area contributed by atoms with Gasteiger partial charge in [0.25, 0.3) is 5.91 Å². The van der Waals surface area contributed by atoms with Gasteiger partial charge in [0, 0.05) is 24.4 Å². The van der Waals surface area contributed by atoms with E-state index in [2.05, 4.69) is 17.2 Å². The molecule has 0 aliphatic carbocycles. The summed E-state index contributed by atoms with van der Waals surface area (Å²) in [4.78, 5) is 27.2. The molecule has 1 heterocycles. The largest absolute Gasteiger partial charge is 0.292 e. The molecular weight excluding hydrogens is 264 g/mol. The summed E-state index contributed by atoms with van der Waals surface area (Å²) in [5.41, 5.74) is 0.467. The Bertz CT molecular complexity index is 418. The van der Waals surface area contributed by atoms with Crippen molar-refractivity contribution in [3.05, 3.63) is 30.1 Å². The maximum absolute atomic E-state index is 11.7. The van der Waals surface area contributed by atoms with E-state index in [1.165, 1.54) is 50.9 Å². The van der Waals surface area contributed by atoms with Crippen LogP contribution in [0.2, 0.25) is 0 Å². The normalized spacial score (nSPS) is 10.3. The van der Waals surface area contributed by atoms with Crippen molar-refractivity contribution in [3.63, 3.8) is 0 Å². The van der Waals surface area contributed by atoms with E-state index >= 15 is 0 Å². The Morgan fingerprint density at radius 2 is 1.52 bits per heavy atom. The predicted molar refractivity (Wildman–Crippen MR) is 83.9 cm³/mol. The van der Waals surface area contributed by atoms with Gasteiger partial charge in [0.2, 0.25) is 5.91 Å². The fourth-order valence-corrected chi connectivity index (χ4v) is 2.18. The monoisotopic (exact) mass is 290 g/mol. The van der Waals surface area contributed by atoms with Crippen molar-refractivity contribution in [2.75, 3.05) is 0 Å². The number of hydrogen-bond donors (Lipinski definition) is 1. The first-order chi connectivity index (χ1) is 10.2. The topological polar surface area (TPSA) is 59.1 Å². The Morgan fingerprint density at radius 3 is 2.14 bits per heavy atom. The predicted octanol–water partition coefficient (Wildman–Crippen LogP) is 3.87. The molecule has 116 valence electrons. The lowest BCUT2D eigenvalue weighted by Crippen LogP contribution is -2.30. The van der Waals surface area contributed by atoms with E-state index in [0.29, 0.717) is 12.0 Å². The first-order valence-corrected chi connectivity index (χ1v) is 7.98. The highest BCUT2D eigenvalue weighted by Crippen LogP contribution is 2.09. The Hall–Kier alpha value is -1.71. The van der Waals surface area contributed by atoms with E-state index in [0.717, 1.165) is 12.8 Å². The first kappa shape index (κ1) is 17.3. The third-order valence-corrected chi connectivity index (χ3v) is 3.45. The molecule has 0 unspecified atom stereocenters. The molecule has 1 aromatic heterocycles. The lowest BCUT2D eigenvalue weighted by molar-refractivity contribution is -0.120. The molecule has 0 fully saturated rings. The second-order valence-electron chi connectivity index (χ2n) is 5.34. The van der Waals surface area contributed by atoms with Crippen molar-refractivity contribution in [1.82, 2.24) is 10.3 Å². The van der Waals surface area contributed by atoms with Gasteiger partial charge >= 0.3 is 0 Å². The van der Waals surface area contributed by atoms with Crippen LogP contribution in [0.3, 0.4) is 0 Å². The Morgan fingerprint density at radius 1 is 0.952 bits per heavy atom. The standard InChI is InChI=1S/C17H26N2O2/c1-2-3-4-5-6-7-8-9-10-16(20)19-17(21)15-11-13-18-14-12-15/h11-14H,2-10H2,1H3,(H,19,20,21). The summed E-state index contributed by atoms with van der Waals surface area (Å²) in [6, 6.07) is 3.19. The molecule has 0 saturated heterocycles. The maximum Gasteiger partial charge on any atom is 0.257 e. The number of imide groups is 1. The number of aromatic nitrogens is 1. The molecule has 0 spiro atoms. The number of unbranched alkanes of at least 4 members (excludes halogenated alkanes) is 7. The third kappa shape index (κ3) is 8.23. The van der Waals surface area contributed by atoms with Gasteiger partial charge in [-0.05, 0) is 18.6 Å². The molecule has 4 nitrogen and oxygen atoms in total. The van der Waals surface area contributed by atoms with Gasteiger partial charge in [-0.3, -0.25) is 19.9 Å². The maximum atomic E-state index is 11.7. The van der Waals surface area contributed by atoms with Crippen LogP contribution in [-0.4, -0.2) is 16.8 Å². The van der Waals surface area contributed by atoms with Crippen LogP contribution in [0.1, 0.15) is 75.1 Å². The van der Waals surface area contributed by atoms with Crippen LogP contribution in [0, 0.1) is 0 Å². The van der Waals surface area contributed by atoms with Crippen molar-refractivity contribution in [3.8, 4) is 0 Å². The van der Waals surface area contributed by atoms with Crippen LogP contribution in [0.15, 0.2) is 24.5 Å². The second-order valence-corrected chi connectivity index (χ2v) is 5.34. The van der Waals surface area contributed by atoms with Gasteiger partial charge in [0.15, 0.2) is 0 Å². The van der Waals surface area contributed by atoms with E-state index in [1.54, 1.807) is 12.1 Å². The SMILES string of the molecule is CCCCCCCCCCC(=O)NC(=O)c1ccncc1. The highest BCUT2D eigenvalue weighted by molar-refractivity contribution is 6.04. The quantitative estimate of drug-likeness (QED) is 0.665. The average molecular weight is 290 g/mol. The van der Waals surface area contributed by atoms with Gasteiger partial charge in [-0.1, -0.05) is 51.9 Å². The summed E-state index contributed by atoms with van der Waals surface area (Å²) >= 11 is 0. The molecular formula is C17H26N2O2. The molecule has 0 aromatic carbocycles. The number of carbonyl (C=O) groups is 2. The lowest BCUT2D eigenvalue weighted by atomic mass is 10.1. The highest BCUT2D eigenvalue weighted by Gasteiger charge is 2.09. The van der Waals surface area contributed by atoms with E-state index in [9.17, 15) is 9.59 Å². The molecule has 0 aliphatic rings. The number of amides is 2. The van der Waals surface area contributed by atoms with Crippen LogP contribution < -0.4 is 5.32 Å². The van der Waals surface area contributed by atoms with Gasteiger partial charge in [-0.2, -0.15) is 0 Å². The fraction of sp³-hybridized carbons (Fsp3) is 0.588. The van der Waals surface area contributed by atoms with E-state index in [4.69, 9.17) is 0 Å². The molecule has 1 rings (SSSR count). The summed E-state index contributed by atoms with van der Waals surface area (Å²) in [6.45, 7) is 2.21. The number of rotatable bonds is 10. The fourth-order valence-electron chi connectivity index (χ4n) is 2.18. The van der Waals surface area contributed by atoms with Gasteiger partial charge in [0.1, 0.15) is 0 Å². The summed E-state index contributed by atoms with van der Waals surface area (Å²) in [7, 11) is 0. The molecule has 0 atom stereocenters. The molecule has 21 heavy (non-hydrogen) atoms. The molecule has 0 radical (unpaired) electrons. The molecule has 0 aliphatic heterocycles. The minimum atomic E-state index is -0.345. The minimum absolute atomic E-state index is 0.192. The average Bonchev–Trinajstić information content (AvgIpc) is 2.50. The van der Waals surface area contributed by atoms with Crippen molar-refractivity contribution in [2.24, 2.45) is 0 Å². The van der Waals surface area contributed by atoms with Crippen molar-refractivity contribution < 1.29 is 9.59 Å². The Balaban J connectivity index is 2.05. The lowest BCUT2D eigenvalue weighted by Gasteiger charge is -2.04. The number of pyridine rings is 1. The zero-order valence-corrected chi connectivity index (χ0v) is 12.9. The summed E-state index contributed by atoms with van der Waals surface area (Å²) in [6.07, 6.45) is 13.0. The number of carbonyl (C=O) groups excluding carboxylic acids is 2. The summed E-state index contributed by atoms with van der Waals surface area (Å²) in [5.74, 6) is -0.537. The molecule has 1 N–H and O–H groups in total. The number of hydrogen-bond acceptors (Lipinski definition) is 3. The second kappa shape index (κ2) is 11.0. The number of nitrogens with one attached hydrogen (secondary N) is 1. The first-order valence-electron chi connectivity index (χ1n) is 7.98. The molecule has 2 amide bonds.